The zero-order chi connectivity index (χ0) is 11.4. The third kappa shape index (κ3) is 4.33. The Morgan fingerprint density at radius 1 is 1.06 bits per heavy atom. The highest BCUT2D eigenvalue weighted by molar-refractivity contribution is 7.98. The lowest BCUT2D eigenvalue weighted by Gasteiger charge is -2.03. The zero-order valence-corrected chi connectivity index (χ0v) is 11.4. The van der Waals surface area contributed by atoms with E-state index in [1.807, 2.05) is 23.9 Å². The molecule has 0 aliphatic heterocycles. The lowest BCUT2D eigenvalue weighted by atomic mass is 10.2. The molecule has 0 aromatic heterocycles. The third-order valence-corrected chi connectivity index (χ3v) is 3.44. The Morgan fingerprint density at radius 3 is 2.41 bits per heavy atom. The number of aryl methyl sites for hydroxylation is 1. The molecule has 0 saturated heterocycles. The van der Waals surface area contributed by atoms with Crippen molar-refractivity contribution >= 4 is 29.9 Å². The van der Waals surface area contributed by atoms with Crippen molar-refractivity contribution < 1.29 is 0 Å². The van der Waals surface area contributed by atoms with Gasteiger partial charge in [-0.1, -0.05) is 29.8 Å². The number of nitrogens with two attached hydrogens (primary N) is 1. The predicted molar refractivity (Wildman–Crippen MR) is 78.8 cm³/mol. The molecule has 17 heavy (non-hydrogen) atoms. The van der Waals surface area contributed by atoms with Crippen LogP contribution in [0.15, 0.2) is 53.4 Å². The second-order valence-corrected chi connectivity index (χ2v) is 4.90. The van der Waals surface area contributed by atoms with Crippen LogP contribution in [0.4, 0.5) is 5.69 Å². The molecule has 0 radical (unpaired) electrons. The van der Waals surface area contributed by atoms with Crippen LogP contribution in [0.1, 0.15) is 11.1 Å². The van der Waals surface area contributed by atoms with Gasteiger partial charge in [-0.15, -0.1) is 24.2 Å². The van der Waals surface area contributed by atoms with E-state index in [2.05, 4.69) is 43.3 Å². The molecule has 0 aliphatic rings. The number of nitrogen functional groups attached to an aromatic ring is 1. The van der Waals surface area contributed by atoms with E-state index in [0.717, 1.165) is 11.4 Å². The summed E-state index contributed by atoms with van der Waals surface area (Å²) in [5, 5.41) is 0. The molecular weight excluding hydrogens is 250 g/mol. The molecule has 0 saturated carbocycles. The van der Waals surface area contributed by atoms with Gasteiger partial charge in [0.05, 0.1) is 0 Å². The van der Waals surface area contributed by atoms with Crippen molar-refractivity contribution in [2.75, 3.05) is 5.73 Å². The molecule has 0 spiro atoms. The second kappa shape index (κ2) is 6.58. The van der Waals surface area contributed by atoms with E-state index in [0.29, 0.717) is 0 Å². The van der Waals surface area contributed by atoms with Crippen molar-refractivity contribution in [2.45, 2.75) is 17.6 Å². The SMILES string of the molecule is Cc1cccc(SCc2ccc(N)cc2)c1.Cl. The van der Waals surface area contributed by atoms with E-state index >= 15 is 0 Å². The normalized spacial score (nSPS) is 9.71. The van der Waals surface area contributed by atoms with Gasteiger partial charge in [-0.05, 0) is 36.8 Å². The molecule has 2 N–H and O–H groups in total. The van der Waals surface area contributed by atoms with Crippen LogP contribution in [0.3, 0.4) is 0 Å². The molecule has 3 heteroatoms. The van der Waals surface area contributed by atoms with Crippen LogP contribution in [0.25, 0.3) is 0 Å². The van der Waals surface area contributed by atoms with E-state index in [-0.39, 0.29) is 12.4 Å². The molecule has 0 heterocycles. The molecule has 0 fully saturated rings. The molecule has 0 amide bonds. The largest absolute Gasteiger partial charge is 0.399 e. The van der Waals surface area contributed by atoms with Gasteiger partial charge in [-0.25, -0.2) is 0 Å². The summed E-state index contributed by atoms with van der Waals surface area (Å²) in [6.45, 7) is 2.12. The molecule has 1 nitrogen and oxygen atoms in total. The topological polar surface area (TPSA) is 26.0 Å². The predicted octanol–water partition coefficient (Wildman–Crippen LogP) is 4.29. The highest BCUT2D eigenvalue weighted by atomic mass is 35.5. The van der Waals surface area contributed by atoms with Crippen molar-refractivity contribution in [3.63, 3.8) is 0 Å². The van der Waals surface area contributed by atoms with Gasteiger partial charge in [0, 0.05) is 16.3 Å². The fourth-order valence-electron chi connectivity index (χ4n) is 1.49. The van der Waals surface area contributed by atoms with E-state index in [4.69, 9.17) is 5.73 Å². The Bertz CT molecular complexity index is 468. The van der Waals surface area contributed by atoms with Crippen LogP contribution in [-0.4, -0.2) is 0 Å². The third-order valence-electron chi connectivity index (χ3n) is 2.37. The van der Waals surface area contributed by atoms with Crippen molar-refractivity contribution in [1.82, 2.24) is 0 Å². The first-order valence-electron chi connectivity index (χ1n) is 5.28. The molecule has 0 bridgehead atoms. The number of anilines is 1. The quantitative estimate of drug-likeness (QED) is 0.662. The molecule has 0 atom stereocenters. The van der Waals surface area contributed by atoms with Gasteiger partial charge in [0.25, 0.3) is 0 Å². The first-order chi connectivity index (χ1) is 7.74. The van der Waals surface area contributed by atoms with Gasteiger partial charge in [0.2, 0.25) is 0 Å². The van der Waals surface area contributed by atoms with E-state index in [1.165, 1.54) is 16.0 Å². The van der Waals surface area contributed by atoms with Crippen LogP contribution in [0.2, 0.25) is 0 Å². The van der Waals surface area contributed by atoms with Crippen LogP contribution in [0.5, 0.6) is 0 Å². The summed E-state index contributed by atoms with van der Waals surface area (Å²) in [4.78, 5) is 1.32. The van der Waals surface area contributed by atoms with E-state index in [9.17, 15) is 0 Å². The smallest absolute Gasteiger partial charge is 0.0314 e. The number of thioether (sulfide) groups is 1. The lowest BCUT2D eigenvalue weighted by molar-refractivity contribution is 1.34. The number of halogens is 1. The number of hydrogen-bond acceptors (Lipinski definition) is 2. The van der Waals surface area contributed by atoms with Gasteiger partial charge in [0.15, 0.2) is 0 Å². The van der Waals surface area contributed by atoms with Crippen LogP contribution in [-0.2, 0) is 5.75 Å². The van der Waals surface area contributed by atoms with E-state index in [1.54, 1.807) is 0 Å². The summed E-state index contributed by atoms with van der Waals surface area (Å²) in [6, 6.07) is 16.6. The van der Waals surface area contributed by atoms with E-state index < -0.39 is 0 Å². The zero-order valence-electron chi connectivity index (χ0n) is 9.72. The Kier molecular flexibility index (Phi) is 5.39. The molecule has 0 aliphatic carbocycles. The maximum absolute atomic E-state index is 5.65. The number of rotatable bonds is 3. The fourth-order valence-corrected chi connectivity index (χ4v) is 2.46. The average Bonchev–Trinajstić information content (AvgIpc) is 2.28. The van der Waals surface area contributed by atoms with Crippen LogP contribution < -0.4 is 5.73 Å². The van der Waals surface area contributed by atoms with Crippen molar-refractivity contribution in [2.24, 2.45) is 0 Å². The summed E-state index contributed by atoms with van der Waals surface area (Å²) in [5.74, 6) is 0.990. The first-order valence-corrected chi connectivity index (χ1v) is 6.26. The maximum Gasteiger partial charge on any atom is 0.0314 e. The molecular formula is C14H16ClNS. The number of benzene rings is 2. The molecule has 0 unspecified atom stereocenters. The molecule has 2 aromatic rings. The van der Waals surface area contributed by atoms with Crippen LogP contribution >= 0.6 is 24.2 Å². The highest BCUT2D eigenvalue weighted by Crippen LogP contribution is 2.23. The lowest BCUT2D eigenvalue weighted by Crippen LogP contribution is -1.85. The Balaban J connectivity index is 0.00000144. The van der Waals surface area contributed by atoms with Gasteiger partial charge < -0.3 is 5.73 Å². The molecule has 2 rings (SSSR count). The molecule has 2 aromatic carbocycles. The summed E-state index contributed by atoms with van der Waals surface area (Å²) < 4.78 is 0. The summed E-state index contributed by atoms with van der Waals surface area (Å²) in [7, 11) is 0. The minimum Gasteiger partial charge on any atom is -0.399 e. The fraction of sp³-hybridized carbons (Fsp3) is 0.143. The van der Waals surface area contributed by atoms with Gasteiger partial charge >= 0.3 is 0 Å². The Hall–Kier alpha value is -1.12. The number of hydrogen-bond donors (Lipinski definition) is 1. The summed E-state index contributed by atoms with van der Waals surface area (Å²) in [6.07, 6.45) is 0. The molecule has 90 valence electrons. The van der Waals surface area contributed by atoms with Crippen LogP contribution in [0, 0.1) is 6.92 Å². The Labute approximate surface area is 113 Å². The minimum atomic E-state index is 0. The highest BCUT2D eigenvalue weighted by Gasteiger charge is 1.96. The minimum absolute atomic E-state index is 0. The average molecular weight is 266 g/mol. The van der Waals surface area contributed by atoms with Crippen molar-refractivity contribution in [1.29, 1.82) is 0 Å². The monoisotopic (exact) mass is 265 g/mol. The van der Waals surface area contributed by atoms with Gasteiger partial charge in [0.1, 0.15) is 0 Å². The Morgan fingerprint density at radius 2 is 1.76 bits per heavy atom. The summed E-state index contributed by atoms with van der Waals surface area (Å²) >= 11 is 1.85. The standard InChI is InChI=1S/C14H15NS.ClH/c1-11-3-2-4-14(9-11)16-10-12-5-7-13(15)8-6-12;/h2-9H,10,15H2,1H3;1H. The van der Waals surface area contributed by atoms with Crippen molar-refractivity contribution in [3.8, 4) is 0 Å². The van der Waals surface area contributed by atoms with Gasteiger partial charge in [-0.2, -0.15) is 0 Å². The van der Waals surface area contributed by atoms with Crippen molar-refractivity contribution in [3.05, 3.63) is 59.7 Å². The second-order valence-electron chi connectivity index (χ2n) is 3.85. The maximum atomic E-state index is 5.65. The van der Waals surface area contributed by atoms with Gasteiger partial charge in [-0.3, -0.25) is 0 Å². The summed E-state index contributed by atoms with van der Waals surface area (Å²) in [5.41, 5.74) is 9.08. The first kappa shape index (κ1) is 13.9.